The summed E-state index contributed by atoms with van der Waals surface area (Å²) in [7, 11) is 1.40. The van der Waals surface area contributed by atoms with E-state index in [1.165, 1.54) is 12.7 Å². The molecule has 3 nitrogen and oxygen atoms in total. The fourth-order valence-electron chi connectivity index (χ4n) is 1.85. The number of rotatable bonds is 4. The van der Waals surface area contributed by atoms with Crippen LogP contribution in [0.5, 0.6) is 0 Å². The molecule has 100 valence electrons. The van der Waals surface area contributed by atoms with E-state index in [0.29, 0.717) is 13.0 Å². The largest absolute Gasteiger partial charge is 0.469 e. The standard InChI is InChI=1S/C15H23NO2/c1-15(2,3)13-7-5-11(6-8-13)9-12(10-16)14(17)18-4/h5-8,12H,9-10,16H2,1-4H3. The van der Waals surface area contributed by atoms with E-state index in [9.17, 15) is 4.79 Å². The molecule has 0 aromatic heterocycles. The third kappa shape index (κ3) is 3.84. The van der Waals surface area contributed by atoms with Crippen LogP contribution in [0, 0.1) is 5.92 Å². The Morgan fingerprint density at radius 2 is 1.83 bits per heavy atom. The van der Waals surface area contributed by atoms with Gasteiger partial charge in [-0.1, -0.05) is 45.0 Å². The van der Waals surface area contributed by atoms with Crippen molar-refractivity contribution in [2.24, 2.45) is 11.7 Å². The number of ether oxygens (including phenoxy) is 1. The van der Waals surface area contributed by atoms with Crippen molar-refractivity contribution in [1.29, 1.82) is 0 Å². The van der Waals surface area contributed by atoms with Gasteiger partial charge in [-0.25, -0.2) is 0 Å². The minimum absolute atomic E-state index is 0.147. The second-order valence-electron chi connectivity index (χ2n) is 5.61. The van der Waals surface area contributed by atoms with E-state index < -0.39 is 0 Å². The van der Waals surface area contributed by atoms with Gasteiger partial charge in [-0.3, -0.25) is 4.79 Å². The molecular formula is C15H23NO2. The minimum atomic E-state index is -0.254. The SMILES string of the molecule is COC(=O)C(CN)Cc1ccc(C(C)(C)C)cc1. The first-order valence-electron chi connectivity index (χ1n) is 6.25. The normalized spacial score (nSPS) is 13.2. The molecular weight excluding hydrogens is 226 g/mol. The van der Waals surface area contributed by atoms with Crippen LogP contribution in [0.3, 0.4) is 0 Å². The second-order valence-corrected chi connectivity index (χ2v) is 5.61. The van der Waals surface area contributed by atoms with E-state index in [2.05, 4.69) is 45.0 Å². The molecule has 0 radical (unpaired) electrons. The van der Waals surface area contributed by atoms with Gasteiger partial charge in [0.15, 0.2) is 0 Å². The van der Waals surface area contributed by atoms with Crippen molar-refractivity contribution in [3.8, 4) is 0 Å². The minimum Gasteiger partial charge on any atom is -0.469 e. The van der Waals surface area contributed by atoms with Crippen molar-refractivity contribution >= 4 is 5.97 Å². The zero-order chi connectivity index (χ0) is 13.8. The van der Waals surface area contributed by atoms with Gasteiger partial charge in [-0.15, -0.1) is 0 Å². The lowest BCUT2D eigenvalue weighted by atomic mass is 9.86. The Kier molecular flexibility index (Phi) is 4.91. The van der Waals surface area contributed by atoms with Gasteiger partial charge in [0, 0.05) is 6.54 Å². The smallest absolute Gasteiger partial charge is 0.310 e. The van der Waals surface area contributed by atoms with Crippen molar-refractivity contribution in [3.05, 3.63) is 35.4 Å². The summed E-state index contributed by atoms with van der Waals surface area (Å²) < 4.78 is 4.73. The van der Waals surface area contributed by atoms with Crippen molar-refractivity contribution in [2.75, 3.05) is 13.7 Å². The van der Waals surface area contributed by atoms with Gasteiger partial charge in [0.1, 0.15) is 0 Å². The molecule has 0 bridgehead atoms. The molecule has 3 heteroatoms. The van der Waals surface area contributed by atoms with Crippen LogP contribution < -0.4 is 5.73 Å². The number of hydrogen-bond acceptors (Lipinski definition) is 3. The number of hydrogen-bond donors (Lipinski definition) is 1. The molecule has 2 N–H and O–H groups in total. The Bertz CT molecular complexity index is 390. The Morgan fingerprint density at radius 1 is 1.28 bits per heavy atom. The summed E-state index contributed by atoms with van der Waals surface area (Å²) in [5, 5.41) is 0. The average molecular weight is 249 g/mol. The van der Waals surface area contributed by atoms with Crippen LogP contribution >= 0.6 is 0 Å². The summed E-state index contributed by atoms with van der Waals surface area (Å²) in [5.41, 5.74) is 8.14. The van der Waals surface area contributed by atoms with Crippen molar-refractivity contribution in [2.45, 2.75) is 32.6 Å². The van der Waals surface area contributed by atoms with Gasteiger partial charge < -0.3 is 10.5 Å². The van der Waals surface area contributed by atoms with Gasteiger partial charge in [0.05, 0.1) is 13.0 Å². The van der Waals surface area contributed by atoms with Crippen LogP contribution in [-0.2, 0) is 21.4 Å². The van der Waals surface area contributed by atoms with Crippen LogP contribution in [0.25, 0.3) is 0 Å². The highest BCUT2D eigenvalue weighted by Crippen LogP contribution is 2.22. The fourth-order valence-corrected chi connectivity index (χ4v) is 1.85. The number of carbonyl (C=O) groups is 1. The highest BCUT2D eigenvalue weighted by Gasteiger charge is 2.18. The molecule has 0 amide bonds. The maximum Gasteiger partial charge on any atom is 0.310 e. The van der Waals surface area contributed by atoms with Crippen LogP contribution in [0.4, 0.5) is 0 Å². The molecule has 0 aliphatic heterocycles. The second kappa shape index (κ2) is 6.01. The molecule has 1 rings (SSSR count). The fraction of sp³-hybridized carbons (Fsp3) is 0.533. The number of benzene rings is 1. The Labute approximate surface area is 109 Å². The number of esters is 1. The molecule has 1 atom stereocenters. The molecule has 0 heterocycles. The number of nitrogens with two attached hydrogens (primary N) is 1. The van der Waals surface area contributed by atoms with Crippen molar-refractivity contribution < 1.29 is 9.53 Å². The van der Waals surface area contributed by atoms with E-state index in [1.54, 1.807) is 0 Å². The summed E-state index contributed by atoms with van der Waals surface area (Å²) in [4.78, 5) is 11.5. The quantitative estimate of drug-likeness (QED) is 0.833. The summed E-state index contributed by atoms with van der Waals surface area (Å²) in [5.74, 6) is -0.493. The van der Waals surface area contributed by atoms with Crippen molar-refractivity contribution in [1.82, 2.24) is 0 Å². The van der Waals surface area contributed by atoms with Crippen LogP contribution in [0.1, 0.15) is 31.9 Å². The first kappa shape index (κ1) is 14.7. The predicted molar refractivity (Wildman–Crippen MR) is 73.4 cm³/mol. The van der Waals surface area contributed by atoms with E-state index in [0.717, 1.165) is 5.56 Å². The summed E-state index contributed by atoms with van der Waals surface area (Å²) in [6.45, 7) is 6.85. The molecule has 0 fully saturated rings. The third-order valence-corrected chi connectivity index (χ3v) is 3.12. The highest BCUT2D eigenvalue weighted by molar-refractivity contribution is 5.72. The highest BCUT2D eigenvalue weighted by atomic mass is 16.5. The Morgan fingerprint density at radius 3 is 2.22 bits per heavy atom. The topological polar surface area (TPSA) is 52.3 Å². The molecule has 0 saturated carbocycles. The van der Waals surface area contributed by atoms with E-state index in [-0.39, 0.29) is 17.3 Å². The monoisotopic (exact) mass is 249 g/mol. The Hall–Kier alpha value is -1.35. The maximum atomic E-state index is 11.5. The van der Waals surface area contributed by atoms with Gasteiger partial charge in [-0.2, -0.15) is 0 Å². The molecule has 1 aromatic carbocycles. The first-order valence-corrected chi connectivity index (χ1v) is 6.25. The first-order chi connectivity index (χ1) is 8.38. The third-order valence-electron chi connectivity index (χ3n) is 3.12. The summed E-state index contributed by atoms with van der Waals surface area (Å²) >= 11 is 0. The van der Waals surface area contributed by atoms with Crippen LogP contribution in [-0.4, -0.2) is 19.6 Å². The molecule has 1 unspecified atom stereocenters. The van der Waals surface area contributed by atoms with Gasteiger partial charge >= 0.3 is 5.97 Å². The zero-order valence-corrected chi connectivity index (χ0v) is 11.7. The molecule has 0 aliphatic carbocycles. The predicted octanol–water partition coefficient (Wildman–Crippen LogP) is 2.27. The van der Waals surface area contributed by atoms with E-state index in [1.807, 2.05) is 0 Å². The van der Waals surface area contributed by atoms with E-state index >= 15 is 0 Å². The summed E-state index contributed by atoms with van der Waals surface area (Å²) in [6, 6.07) is 8.35. The lowest BCUT2D eigenvalue weighted by molar-refractivity contribution is -0.145. The lowest BCUT2D eigenvalue weighted by Crippen LogP contribution is -2.26. The average Bonchev–Trinajstić information content (AvgIpc) is 2.34. The van der Waals surface area contributed by atoms with E-state index in [4.69, 9.17) is 10.5 Å². The molecule has 0 saturated heterocycles. The maximum absolute atomic E-state index is 11.5. The van der Waals surface area contributed by atoms with Gasteiger partial charge in [0.2, 0.25) is 0 Å². The molecule has 18 heavy (non-hydrogen) atoms. The van der Waals surface area contributed by atoms with Crippen LogP contribution in [0.2, 0.25) is 0 Å². The number of methoxy groups -OCH3 is 1. The van der Waals surface area contributed by atoms with Crippen molar-refractivity contribution in [3.63, 3.8) is 0 Å². The number of carbonyl (C=O) groups excluding carboxylic acids is 1. The van der Waals surface area contributed by atoms with Crippen LogP contribution in [0.15, 0.2) is 24.3 Å². The molecule has 0 aliphatic rings. The molecule has 1 aromatic rings. The summed E-state index contributed by atoms with van der Waals surface area (Å²) in [6.07, 6.45) is 0.633. The zero-order valence-electron chi connectivity index (χ0n) is 11.7. The lowest BCUT2D eigenvalue weighted by Gasteiger charge is -2.19. The molecule has 0 spiro atoms. The Balaban J connectivity index is 2.77. The van der Waals surface area contributed by atoms with Gasteiger partial charge in [-0.05, 0) is 23.0 Å². The van der Waals surface area contributed by atoms with Gasteiger partial charge in [0.25, 0.3) is 0 Å².